The van der Waals surface area contributed by atoms with E-state index in [1.165, 1.54) is 18.4 Å². The topological polar surface area (TPSA) is 41.0 Å². The van der Waals surface area contributed by atoms with Crippen molar-refractivity contribution in [1.29, 1.82) is 0 Å². The molecular formula is C21H22N4. The van der Waals surface area contributed by atoms with E-state index < -0.39 is 0 Å². The maximum Gasteiger partial charge on any atom is 0.163 e. The largest absolute Gasteiger partial charge is 0.356 e. The summed E-state index contributed by atoms with van der Waals surface area (Å²) in [6, 6.07) is 20.6. The zero-order valence-electron chi connectivity index (χ0n) is 14.4. The van der Waals surface area contributed by atoms with Crippen molar-refractivity contribution in [3.8, 4) is 11.4 Å². The van der Waals surface area contributed by atoms with E-state index in [2.05, 4.69) is 59.6 Å². The van der Waals surface area contributed by atoms with Crippen LogP contribution in [0.3, 0.4) is 0 Å². The molecule has 2 aromatic carbocycles. The van der Waals surface area contributed by atoms with Gasteiger partial charge in [-0.05, 0) is 37.5 Å². The number of hydrogen-bond acceptors (Lipinski definition) is 4. The third kappa shape index (κ3) is 3.63. The molecule has 1 fully saturated rings. The van der Waals surface area contributed by atoms with Gasteiger partial charge in [0.2, 0.25) is 0 Å². The maximum atomic E-state index is 4.82. The van der Waals surface area contributed by atoms with Gasteiger partial charge in [0.15, 0.2) is 5.82 Å². The molecule has 0 aliphatic carbocycles. The van der Waals surface area contributed by atoms with Crippen LogP contribution >= 0.6 is 0 Å². The van der Waals surface area contributed by atoms with Crippen LogP contribution in [0, 0.1) is 6.92 Å². The molecular weight excluding hydrogens is 308 g/mol. The summed E-state index contributed by atoms with van der Waals surface area (Å²) in [5, 5.41) is 3.44. The molecule has 3 aromatic rings. The van der Waals surface area contributed by atoms with Gasteiger partial charge in [-0.15, -0.1) is 0 Å². The molecule has 25 heavy (non-hydrogen) atoms. The predicted molar refractivity (Wildman–Crippen MR) is 103 cm³/mol. The molecule has 0 saturated carbocycles. The number of nitrogens with one attached hydrogen (secondary N) is 1. The fraction of sp³-hybridized carbons (Fsp3) is 0.238. The maximum absolute atomic E-state index is 4.82. The van der Waals surface area contributed by atoms with Gasteiger partial charge in [-0.3, -0.25) is 0 Å². The first kappa shape index (κ1) is 15.6. The SMILES string of the molecule is Cc1cccc(Nc2cc(N3CCCC3)nc(-c3ccccc3)n2)c1. The molecule has 0 atom stereocenters. The Morgan fingerprint density at radius 1 is 0.880 bits per heavy atom. The lowest BCUT2D eigenvalue weighted by molar-refractivity contribution is 0.931. The van der Waals surface area contributed by atoms with Gasteiger partial charge in [0.05, 0.1) is 0 Å². The molecule has 1 aliphatic rings. The smallest absolute Gasteiger partial charge is 0.163 e. The minimum Gasteiger partial charge on any atom is -0.356 e. The predicted octanol–water partition coefficient (Wildman–Crippen LogP) is 4.80. The third-order valence-electron chi connectivity index (χ3n) is 4.47. The molecule has 0 amide bonds. The molecule has 1 aliphatic heterocycles. The van der Waals surface area contributed by atoms with Crippen LogP contribution in [-0.2, 0) is 0 Å². The van der Waals surface area contributed by atoms with Crippen molar-refractivity contribution in [2.24, 2.45) is 0 Å². The van der Waals surface area contributed by atoms with Crippen LogP contribution < -0.4 is 10.2 Å². The average molecular weight is 330 g/mol. The van der Waals surface area contributed by atoms with E-state index >= 15 is 0 Å². The number of rotatable bonds is 4. The highest BCUT2D eigenvalue weighted by atomic mass is 15.2. The van der Waals surface area contributed by atoms with Crippen LogP contribution in [0.1, 0.15) is 18.4 Å². The lowest BCUT2D eigenvalue weighted by Gasteiger charge is -2.18. The van der Waals surface area contributed by atoms with Crippen LogP contribution in [0.2, 0.25) is 0 Å². The molecule has 1 N–H and O–H groups in total. The van der Waals surface area contributed by atoms with Crippen LogP contribution in [0.15, 0.2) is 60.7 Å². The van der Waals surface area contributed by atoms with E-state index in [4.69, 9.17) is 9.97 Å². The number of hydrogen-bond donors (Lipinski definition) is 1. The third-order valence-corrected chi connectivity index (χ3v) is 4.47. The number of nitrogens with zero attached hydrogens (tertiary/aromatic N) is 3. The van der Waals surface area contributed by atoms with E-state index in [1.54, 1.807) is 0 Å². The summed E-state index contributed by atoms with van der Waals surface area (Å²) in [6.45, 7) is 4.22. The summed E-state index contributed by atoms with van der Waals surface area (Å²) in [4.78, 5) is 11.9. The van der Waals surface area contributed by atoms with Crippen LogP contribution in [0.5, 0.6) is 0 Å². The fourth-order valence-corrected chi connectivity index (χ4v) is 3.19. The first-order chi connectivity index (χ1) is 12.3. The van der Waals surface area contributed by atoms with Crippen molar-refractivity contribution >= 4 is 17.3 Å². The van der Waals surface area contributed by atoms with E-state index in [0.29, 0.717) is 0 Å². The molecule has 0 bridgehead atoms. The van der Waals surface area contributed by atoms with Crippen molar-refractivity contribution in [1.82, 2.24) is 9.97 Å². The molecule has 4 nitrogen and oxygen atoms in total. The molecule has 0 radical (unpaired) electrons. The Morgan fingerprint density at radius 3 is 2.44 bits per heavy atom. The second kappa shape index (κ2) is 6.93. The zero-order valence-corrected chi connectivity index (χ0v) is 14.4. The second-order valence-electron chi connectivity index (χ2n) is 6.49. The van der Waals surface area contributed by atoms with Crippen molar-refractivity contribution in [2.75, 3.05) is 23.3 Å². The molecule has 4 rings (SSSR count). The van der Waals surface area contributed by atoms with Gasteiger partial charge in [-0.1, -0.05) is 42.5 Å². The number of anilines is 3. The zero-order chi connectivity index (χ0) is 17.1. The average Bonchev–Trinajstić information content (AvgIpc) is 3.17. The lowest BCUT2D eigenvalue weighted by atomic mass is 10.2. The van der Waals surface area contributed by atoms with Gasteiger partial charge in [-0.25, -0.2) is 9.97 Å². The van der Waals surface area contributed by atoms with E-state index in [1.807, 2.05) is 18.2 Å². The van der Waals surface area contributed by atoms with Gasteiger partial charge in [0.25, 0.3) is 0 Å². The normalized spacial score (nSPS) is 13.9. The number of benzene rings is 2. The minimum absolute atomic E-state index is 0.764. The first-order valence-electron chi connectivity index (χ1n) is 8.81. The Labute approximate surface area is 148 Å². The first-order valence-corrected chi connectivity index (χ1v) is 8.81. The van der Waals surface area contributed by atoms with E-state index in [0.717, 1.165) is 41.8 Å². The Hall–Kier alpha value is -2.88. The highest BCUT2D eigenvalue weighted by Crippen LogP contribution is 2.26. The van der Waals surface area contributed by atoms with Crippen molar-refractivity contribution in [3.63, 3.8) is 0 Å². The summed E-state index contributed by atoms with van der Waals surface area (Å²) in [6.07, 6.45) is 2.45. The van der Waals surface area contributed by atoms with Crippen molar-refractivity contribution in [2.45, 2.75) is 19.8 Å². The Balaban J connectivity index is 1.73. The van der Waals surface area contributed by atoms with Gasteiger partial charge >= 0.3 is 0 Å². The van der Waals surface area contributed by atoms with Crippen LogP contribution in [0.4, 0.5) is 17.3 Å². The van der Waals surface area contributed by atoms with Crippen LogP contribution in [-0.4, -0.2) is 23.1 Å². The standard InChI is InChI=1S/C21H22N4/c1-16-8-7-11-18(14-16)22-19-15-20(25-12-5-6-13-25)24-21(23-19)17-9-3-2-4-10-17/h2-4,7-11,14-15H,5-6,12-13H2,1H3,(H,22,23,24). The Kier molecular flexibility index (Phi) is 4.34. The Bertz CT molecular complexity index is 855. The lowest BCUT2D eigenvalue weighted by Crippen LogP contribution is -2.19. The van der Waals surface area contributed by atoms with Gasteiger partial charge in [0.1, 0.15) is 11.6 Å². The summed E-state index contributed by atoms with van der Waals surface area (Å²) in [7, 11) is 0. The monoisotopic (exact) mass is 330 g/mol. The fourth-order valence-electron chi connectivity index (χ4n) is 3.19. The molecule has 1 aromatic heterocycles. The quantitative estimate of drug-likeness (QED) is 0.746. The summed E-state index contributed by atoms with van der Waals surface area (Å²) >= 11 is 0. The molecule has 2 heterocycles. The number of aryl methyl sites for hydroxylation is 1. The van der Waals surface area contributed by atoms with Gasteiger partial charge < -0.3 is 10.2 Å². The van der Waals surface area contributed by atoms with E-state index in [-0.39, 0.29) is 0 Å². The summed E-state index contributed by atoms with van der Waals surface area (Å²) in [5.41, 5.74) is 3.31. The van der Waals surface area contributed by atoms with E-state index in [9.17, 15) is 0 Å². The molecule has 4 heteroatoms. The molecule has 1 saturated heterocycles. The molecule has 0 spiro atoms. The highest BCUT2D eigenvalue weighted by molar-refractivity contribution is 5.66. The molecule has 126 valence electrons. The minimum atomic E-state index is 0.764. The van der Waals surface area contributed by atoms with Gasteiger partial charge in [-0.2, -0.15) is 0 Å². The molecule has 0 unspecified atom stereocenters. The van der Waals surface area contributed by atoms with Gasteiger partial charge in [0, 0.05) is 30.4 Å². The highest BCUT2D eigenvalue weighted by Gasteiger charge is 2.16. The Morgan fingerprint density at radius 2 is 1.68 bits per heavy atom. The summed E-state index contributed by atoms with van der Waals surface area (Å²) < 4.78 is 0. The summed E-state index contributed by atoms with van der Waals surface area (Å²) in [5.74, 6) is 2.60. The number of aromatic nitrogens is 2. The van der Waals surface area contributed by atoms with Crippen molar-refractivity contribution < 1.29 is 0 Å². The second-order valence-corrected chi connectivity index (χ2v) is 6.49. The van der Waals surface area contributed by atoms with Crippen LogP contribution in [0.25, 0.3) is 11.4 Å². The van der Waals surface area contributed by atoms with Crippen molar-refractivity contribution in [3.05, 3.63) is 66.2 Å².